The van der Waals surface area contributed by atoms with Crippen molar-refractivity contribution in [3.8, 4) is 45.4 Å². The van der Waals surface area contributed by atoms with Gasteiger partial charge in [-0.25, -0.2) is 0 Å². The summed E-state index contributed by atoms with van der Waals surface area (Å²) in [5.74, 6) is 3.21. The zero-order chi connectivity index (χ0) is 29.2. The number of benzene rings is 2. The van der Waals surface area contributed by atoms with Crippen LogP contribution in [0.4, 0.5) is 0 Å². The molecule has 3 N–H and O–H groups in total. The molecule has 2 saturated carbocycles. The summed E-state index contributed by atoms with van der Waals surface area (Å²) in [5, 5.41) is 3.17. The van der Waals surface area contributed by atoms with Gasteiger partial charge in [0, 0.05) is 41.0 Å². The van der Waals surface area contributed by atoms with Crippen LogP contribution in [0.25, 0.3) is 33.6 Å². The van der Waals surface area contributed by atoms with E-state index in [-0.39, 0.29) is 18.0 Å². The number of hydrogen-bond donors (Lipinski definition) is 2. The van der Waals surface area contributed by atoms with E-state index in [4.69, 9.17) is 29.1 Å². The van der Waals surface area contributed by atoms with E-state index in [0.717, 1.165) is 42.4 Å². The van der Waals surface area contributed by atoms with E-state index < -0.39 is 0 Å². The molecule has 220 valence electrons. The van der Waals surface area contributed by atoms with Crippen molar-refractivity contribution in [1.29, 1.82) is 0 Å². The van der Waals surface area contributed by atoms with Crippen LogP contribution >= 0.6 is 0 Å². The number of nitrogens with zero attached hydrogens (tertiary/aromatic N) is 1. The molecule has 2 unspecified atom stereocenters. The first kappa shape index (κ1) is 27.9. The average Bonchev–Trinajstić information content (AvgIpc) is 3.75. The minimum absolute atomic E-state index is 0.0342. The van der Waals surface area contributed by atoms with Crippen LogP contribution in [0.3, 0.4) is 0 Å². The number of pyridine rings is 1. The number of furan rings is 1. The molecule has 1 amide bonds. The van der Waals surface area contributed by atoms with Gasteiger partial charge in [-0.15, -0.1) is 0 Å². The molecule has 2 aromatic heterocycles. The fraction of sp³-hybridized carbons (Fsp3) is 0.394. The maximum Gasteiger partial charge on any atom is 0.251 e. The number of hydrogen-bond acceptors (Lipinski definition) is 8. The largest absolute Gasteiger partial charge is 0.493 e. The second kappa shape index (κ2) is 11.9. The highest BCUT2D eigenvalue weighted by Crippen LogP contribution is 2.43. The number of nitrogens with two attached hydrogens (primary N) is 1. The maximum absolute atomic E-state index is 13.5. The Bertz CT molecular complexity index is 1570. The summed E-state index contributed by atoms with van der Waals surface area (Å²) in [7, 11) is 4.72. The minimum Gasteiger partial charge on any atom is -0.493 e. The lowest BCUT2D eigenvalue weighted by Gasteiger charge is -2.29. The summed E-state index contributed by atoms with van der Waals surface area (Å²) in [4.78, 5) is 18.0. The molecule has 2 aromatic carbocycles. The zero-order valence-corrected chi connectivity index (χ0v) is 24.3. The number of methoxy groups -OCH3 is 3. The molecule has 0 radical (unpaired) electrons. The first-order valence-corrected chi connectivity index (χ1v) is 14.5. The fourth-order valence-corrected chi connectivity index (χ4v) is 5.59. The molecule has 9 nitrogen and oxygen atoms in total. The molecule has 9 heteroatoms. The van der Waals surface area contributed by atoms with Gasteiger partial charge in [-0.05, 0) is 73.6 Å². The van der Waals surface area contributed by atoms with Gasteiger partial charge < -0.3 is 34.4 Å². The van der Waals surface area contributed by atoms with Gasteiger partial charge in [0.05, 0.1) is 27.9 Å². The van der Waals surface area contributed by atoms with Crippen LogP contribution in [0.15, 0.2) is 53.1 Å². The van der Waals surface area contributed by atoms with Crippen LogP contribution in [-0.2, 0) is 0 Å². The molecule has 6 rings (SSSR count). The second-order valence-electron chi connectivity index (χ2n) is 11.1. The molecule has 2 atom stereocenters. The van der Waals surface area contributed by atoms with Gasteiger partial charge in [0.2, 0.25) is 5.75 Å². The molecular formula is C33H37N3O6. The van der Waals surface area contributed by atoms with Crippen molar-refractivity contribution in [3.05, 3.63) is 54.2 Å². The minimum atomic E-state index is -0.154. The molecule has 0 spiro atoms. The third-order valence-electron chi connectivity index (χ3n) is 8.16. The Kier molecular flexibility index (Phi) is 7.93. The van der Waals surface area contributed by atoms with Crippen molar-refractivity contribution in [2.45, 2.75) is 50.6 Å². The summed E-state index contributed by atoms with van der Waals surface area (Å²) < 4.78 is 29.1. The summed E-state index contributed by atoms with van der Waals surface area (Å²) in [5.41, 5.74) is 10.5. The lowest BCUT2D eigenvalue weighted by Crippen LogP contribution is -2.49. The number of amides is 1. The van der Waals surface area contributed by atoms with Crippen molar-refractivity contribution in [2.75, 3.05) is 27.9 Å². The van der Waals surface area contributed by atoms with Gasteiger partial charge >= 0.3 is 0 Å². The third kappa shape index (κ3) is 5.74. The van der Waals surface area contributed by atoms with Crippen LogP contribution in [0, 0.1) is 5.92 Å². The Morgan fingerprint density at radius 3 is 2.40 bits per heavy atom. The van der Waals surface area contributed by atoms with E-state index in [2.05, 4.69) is 10.3 Å². The highest BCUT2D eigenvalue weighted by Gasteiger charge is 2.26. The van der Waals surface area contributed by atoms with Crippen LogP contribution in [0.5, 0.6) is 23.0 Å². The summed E-state index contributed by atoms with van der Waals surface area (Å²) in [6, 6.07) is 13.0. The summed E-state index contributed by atoms with van der Waals surface area (Å²) >= 11 is 0. The van der Waals surface area contributed by atoms with Crippen LogP contribution in [0.2, 0.25) is 0 Å². The molecule has 2 aliphatic rings. The zero-order valence-electron chi connectivity index (χ0n) is 24.3. The van der Waals surface area contributed by atoms with E-state index in [0.29, 0.717) is 57.9 Å². The average molecular weight is 572 g/mol. The first-order valence-electron chi connectivity index (χ1n) is 14.5. The van der Waals surface area contributed by atoms with E-state index in [1.165, 1.54) is 12.8 Å². The maximum atomic E-state index is 13.5. The van der Waals surface area contributed by atoms with E-state index in [9.17, 15) is 4.79 Å². The van der Waals surface area contributed by atoms with Crippen LogP contribution < -0.4 is 30.0 Å². The molecule has 4 aromatic rings. The van der Waals surface area contributed by atoms with Crippen molar-refractivity contribution in [2.24, 2.45) is 11.7 Å². The van der Waals surface area contributed by atoms with Gasteiger partial charge in [-0.3, -0.25) is 9.78 Å². The number of fused-ring (bicyclic) bond motifs is 1. The molecule has 42 heavy (non-hydrogen) atoms. The Morgan fingerprint density at radius 1 is 0.952 bits per heavy atom. The monoisotopic (exact) mass is 571 g/mol. The molecule has 2 fully saturated rings. The Balaban J connectivity index is 1.39. The van der Waals surface area contributed by atoms with Crippen molar-refractivity contribution >= 4 is 17.0 Å². The van der Waals surface area contributed by atoms with Gasteiger partial charge in [0.1, 0.15) is 17.0 Å². The highest BCUT2D eigenvalue weighted by molar-refractivity contribution is 5.98. The van der Waals surface area contributed by atoms with E-state index in [1.807, 2.05) is 42.5 Å². The van der Waals surface area contributed by atoms with Gasteiger partial charge in [-0.2, -0.15) is 0 Å². The number of ether oxygens (including phenoxy) is 4. The Morgan fingerprint density at radius 2 is 1.71 bits per heavy atom. The third-order valence-corrected chi connectivity index (χ3v) is 8.16. The molecule has 0 saturated heterocycles. The lowest BCUT2D eigenvalue weighted by atomic mass is 9.90. The summed E-state index contributed by atoms with van der Waals surface area (Å²) in [6.07, 6.45) is 8.06. The highest BCUT2D eigenvalue weighted by atomic mass is 16.5. The van der Waals surface area contributed by atoms with Crippen molar-refractivity contribution < 1.29 is 28.2 Å². The number of carbonyl (C=O) groups excluding carboxylic acids is 1. The Hall–Kier alpha value is -4.24. The molecular weight excluding hydrogens is 534 g/mol. The standard InChI is InChI=1S/C33H37N3O6/c1-38-29-15-21(16-30(39-2)32(29)40-3)28-17-27-31(42-28)24(10-11-35-27)20-12-22(14-23(13-20)41-18-19-8-9-19)33(37)36-26-7-5-4-6-25(26)34/h10-17,19,25-26H,4-9,18,34H2,1-3H3,(H,36,37). The quantitative estimate of drug-likeness (QED) is 0.239. The number of rotatable bonds is 10. The van der Waals surface area contributed by atoms with E-state index >= 15 is 0 Å². The van der Waals surface area contributed by atoms with Crippen LogP contribution in [-0.4, -0.2) is 50.9 Å². The predicted octanol–water partition coefficient (Wildman–Crippen LogP) is 5.98. The topological polar surface area (TPSA) is 118 Å². The van der Waals surface area contributed by atoms with Gasteiger partial charge in [0.15, 0.2) is 17.1 Å². The number of carbonyl (C=O) groups is 1. The molecule has 2 heterocycles. The smallest absolute Gasteiger partial charge is 0.251 e. The van der Waals surface area contributed by atoms with Crippen LogP contribution in [0.1, 0.15) is 48.9 Å². The number of aromatic nitrogens is 1. The fourth-order valence-electron chi connectivity index (χ4n) is 5.59. The van der Waals surface area contributed by atoms with Crippen molar-refractivity contribution in [1.82, 2.24) is 10.3 Å². The van der Waals surface area contributed by atoms with E-state index in [1.54, 1.807) is 27.5 Å². The molecule has 0 aliphatic heterocycles. The Labute approximate surface area is 245 Å². The lowest BCUT2D eigenvalue weighted by molar-refractivity contribution is 0.0921. The molecule has 2 aliphatic carbocycles. The molecule has 0 bridgehead atoms. The second-order valence-corrected chi connectivity index (χ2v) is 11.1. The normalized spacial score (nSPS) is 18.5. The number of nitrogens with one attached hydrogen (secondary N) is 1. The van der Waals surface area contributed by atoms with Gasteiger partial charge in [0.25, 0.3) is 5.91 Å². The first-order chi connectivity index (χ1) is 20.5. The summed E-state index contributed by atoms with van der Waals surface area (Å²) in [6.45, 7) is 0.635. The van der Waals surface area contributed by atoms with Crippen molar-refractivity contribution in [3.63, 3.8) is 0 Å². The SMILES string of the molecule is COc1cc(-c2cc3nccc(-c4cc(OCC5CC5)cc(C(=O)NC5CCCCC5N)c4)c3o2)cc(OC)c1OC. The predicted molar refractivity (Wildman–Crippen MR) is 160 cm³/mol. The van der Waals surface area contributed by atoms with Gasteiger partial charge in [-0.1, -0.05) is 12.8 Å².